The van der Waals surface area contributed by atoms with Gasteiger partial charge >= 0.3 is 12.1 Å². The van der Waals surface area contributed by atoms with Crippen LogP contribution in [0, 0.1) is 5.92 Å². The summed E-state index contributed by atoms with van der Waals surface area (Å²) in [5, 5.41) is 16.2. The maximum atomic E-state index is 14.3. The van der Waals surface area contributed by atoms with Crippen molar-refractivity contribution in [3.8, 4) is 5.75 Å². The minimum absolute atomic E-state index is 0.0849. The van der Waals surface area contributed by atoms with E-state index in [1.54, 1.807) is 27.0 Å². The number of halogens is 1. The zero-order valence-electron chi connectivity index (χ0n) is 26.5. The van der Waals surface area contributed by atoms with Gasteiger partial charge in [0.1, 0.15) is 34.6 Å². The first-order valence-corrected chi connectivity index (χ1v) is 16.5. The summed E-state index contributed by atoms with van der Waals surface area (Å²) in [6.45, 7) is 5.89. The molecule has 248 valence electrons. The maximum absolute atomic E-state index is 14.3. The molecule has 0 bridgehead atoms. The number of hydrogen-bond donors (Lipinski definition) is 3. The molecule has 1 saturated carbocycles. The molecule has 1 aliphatic carbocycles. The van der Waals surface area contributed by atoms with Gasteiger partial charge in [-0.3, -0.25) is 9.59 Å². The number of carbonyl (C=O) groups is 4. The summed E-state index contributed by atoms with van der Waals surface area (Å²) >= 11 is 6.53. The number of alkyl carbamates (subject to hydrolysis) is 1. The predicted molar refractivity (Wildman–Crippen MR) is 169 cm³/mol. The summed E-state index contributed by atoms with van der Waals surface area (Å²) in [6.07, 6.45) is 9.84. The van der Waals surface area contributed by atoms with Crippen LogP contribution in [0.3, 0.4) is 0 Å². The Morgan fingerprint density at radius 2 is 1.98 bits per heavy atom. The van der Waals surface area contributed by atoms with Crippen LogP contribution in [-0.4, -0.2) is 75.9 Å². The van der Waals surface area contributed by atoms with Crippen molar-refractivity contribution in [2.45, 2.75) is 107 Å². The van der Waals surface area contributed by atoms with Crippen LogP contribution >= 0.6 is 11.6 Å². The molecule has 0 aromatic heterocycles. The quantitative estimate of drug-likeness (QED) is 0.396. The molecule has 6 rings (SSSR count). The van der Waals surface area contributed by atoms with E-state index in [1.165, 1.54) is 4.90 Å². The first-order chi connectivity index (χ1) is 21.8. The maximum Gasteiger partial charge on any atom is 0.408 e. The fourth-order valence-electron chi connectivity index (χ4n) is 7.09. The highest BCUT2D eigenvalue weighted by Crippen LogP contribution is 2.48. The number of ether oxygens (including phenoxy) is 3. The molecule has 4 aliphatic heterocycles. The van der Waals surface area contributed by atoms with Crippen LogP contribution < -0.4 is 15.4 Å². The van der Waals surface area contributed by atoms with Gasteiger partial charge in [-0.15, -0.1) is 0 Å². The Balaban J connectivity index is 1.29. The molecule has 4 heterocycles. The van der Waals surface area contributed by atoms with E-state index in [9.17, 15) is 24.3 Å². The van der Waals surface area contributed by atoms with Crippen molar-refractivity contribution < 1.29 is 38.5 Å². The lowest BCUT2D eigenvalue weighted by molar-refractivity contribution is -0.145. The number of nitrogens with one attached hydrogen (secondary N) is 2. The van der Waals surface area contributed by atoms with Crippen LogP contribution in [0.4, 0.5) is 4.79 Å². The monoisotopic (exact) mass is 655 g/mol. The number of hydrogen-bond acceptors (Lipinski definition) is 7. The molecule has 0 radical (unpaired) electrons. The van der Waals surface area contributed by atoms with E-state index >= 15 is 0 Å². The Hall–Kier alpha value is -3.73. The molecule has 1 spiro atoms. The molecule has 3 amide bonds. The van der Waals surface area contributed by atoms with E-state index in [4.69, 9.17) is 25.8 Å². The Labute approximate surface area is 273 Å². The third-order valence-corrected chi connectivity index (χ3v) is 9.80. The van der Waals surface area contributed by atoms with Gasteiger partial charge < -0.3 is 34.9 Å². The number of amides is 3. The summed E-state index contributed by atoms with van der Waals surface area (Å²) in [4.78, 5) is 55.1. The zero-order valence-corrected chi connectivity index (χ0v) is 27.3. The standard InChI is InChI=1S/C34H42ClN3O8/c1-32(2,3)46-31(43)36-25-10-8-6-4-5-7-9-23-16-34(23,30(41)42)37-28(39)26-17-33(19-38(26)29(25)40)15-22(18-45-33)21-13-20-11-12-44-27(20)24(35)14-21/h7,9,13-14,18,23,25-26H,4-6,8,10-12,15-17,19H2,1-3H3,(H,36,43)(H,37,39)(H,41,42)/t23-,25+,26+,33-,34-/m1/s1. The van der Waals surface area contributed by atoms with Crippen LogP contribution in [0.15, 0.2) is 30.5 Å². The number of carboxylic acid groups (broad SMARTS) is 1. The summed E-state index contributed by atoms with van der Waals surface area (Å²) in [7, 11) is 0. The van der Waals surface area contributed by atoms with Gasteiger partial charge in [0.25, 0.3) is 0 Å². The molecule has 11 nitrogen and oxygen atoms in total. The molecule has 5 atom stereocenters. The fraction of sp³-hybridized carbons (Fsp3) is 0.588. The number of allylic oxidation sites excluding steroid dienone is 1. The molecule has 46 heavy (non-hydrogen) atoms. The summed E-state index contributed by atoms with van der Waals surface area (Å²) < 4.78 is 17.4. The van der Waals surface area contributed by atoms with Gasteiger partial charge in [0.05, 0.1) is 24.4 Å². The van der Waals surface area contributed by atoms with E-state index in [2.05, 4.69) is 10.6 Å². The Bertz CT molecular complexity index is 1500. The Morgan fingerprint density at radius 3 is 2.74 bits per heavy atom. The number of nitrogens with zero attached hydrogens (tertiary/aromatic N) is 1. The molecule has 1 aromatic carbocycles. The SMILES string of the molecule is CC(C)(C)OC(=O)N[C@H]1CCCCCC=C[C@@H]2C[C@@]2(C(=O)O)NC(=O)[C@@H]2C[C@]3(CC(c4cc(Cl)c5c(c4)CCO5)=CO3)CN2C1=O. The second-order valence-corrected chi connectivity index (χ2v) is 14.6. The lowest BCUT2D eigenvalue weighted by atomic mass is 9.90. The molecule has 3 N–H and O–H groups in total. The lowest BCUT2D eigenvalue weighted by Gasteiger charge is -2.30. The first-order valence-electron chi connectivity index (χ1n) is 16.1. The molecule has 2 fully saturated rings. The van der Waals surface area contributed by atoms with E-state index in [-0.39, 0.29) is 25.3 Å². The van der Waals surface area contributed by atoms with Crippen molar-refractivity contribution in [1.82, 2.24) is 15.5 Å². The molecular weight excluding hydrogens is 614 g/mol. The van der Waals surface area contributed by atoms with Gasteiger partial charge in [0.2, 0.25) is 11.8 Å². The fourth-order valence-corrected chi connectivity index (χ4v) is 7.39. The van der Waals surface area contributed by atoms with Gasteiger partial charge in [0, 0.05) is 25.2 Å². The number of carboxylic acids is 1. The first kappa shape index (κ1) is 32.2. The number of carbonyl (C=O) groups excluding carboxylic acids is 3. The van der Waals surface area contributed by atoms with Gasteiger partial charge in [-0.1, -0.05) is 36.6 Å². The van der Waals surface area contributed by atoms with Crippen molar-refractivity contribution in [1.29, 1.82) is 0 Å². The molecule has 5 aliphatic rings. The molecule has 12 heteroatoms. The molecule has 1 aromatic rings. The van der Waals surface area contributed by atoms with Crippen LogP contribution in [0.25, 0.3) is 5.57 Å². The average molecular weight is 656 g/mol. The van der Waals surface area contributed by atoms with Crippen LogP contribution in [0.2, 0.25) is 5.02 Å². The topological polar surface area (TPSA) is 144 Å². The largest absolute Gasteiger partial charge is 0.492 e. The van der Waals surface area contributed by atoms with E-state index in [0.717, 1.165) is 42.4 Å². The van der Waals surface area contributed by atoms with Crippen molar-refractivity contribution in [2.75, 3.05) is 13.2 Å². The highest BCUT2D eigenvalue weighted by atomic mass is 35.5. The summed E-state index contributed by atoms with van der Waals surface area (Å²) in [6, 6.07) is 1.93. The highest BCUT2D eigenvalue weighted by Gasteiger charge is 2.62. The van der Waals surface area contributed by atoms with Crippen molar-refractivity contribution >= 4 is 41.1 Å². The minimum atomic E-state index is -1.42. The van der Waals surface area contributed by atoms with E-state index < -0.39 is 52.7 Å². The van der Waals surface area contributed by atoms with Gasteiger partial charge in [-0.05, 0) is 75.3 Å². The average Bonchev–Trinajstić information content (AvgIpc) is 3.34. The van der Waals surface area contributed by atoms with Gasteiger partial charge in [-0.25, -0.2) is 9.59 Å². The van der Waals surface area contributed by atoms with E-state index in [1.807, 2.05) is 24.3 Å². The van der Waals surface area contributed by atoms with Crippen molar-refractivity contribution in [3.63, 3.8) is 0 Å². The summed E-state index contributed by atoms with van der Waals surface area (Å²) in [5.74, 6) is -1.72. The second-order valence-electron chi connectivity index (χ2n) is 14.2. The third-order valence-electron chi connectivity index (χ3n) is 9.52. The van der Waals surface area contributed by atoms with Crippen molar-refractivity contribution in [3.05, 3.63) is 46.7 Å². The highest BCUT2D eigenvalue weighted by molar-refractivity contribution is 6.32. The van der Waals surface area contributed by atoms with Gasteiger partial charge in [-0.2, -0.15) is 0 Å². The van der Waals surface area contributed by atoms with Crippen LogP contribution in [0.1, 0.15) is 83.3 Å². The van der Waals surface area contributed by atoms with Crippen LogP contribution in [0.5, 0.6) is 5.75 Å². The van der Waals surface area contributed by atoms with E-state index in [0.29, 0.717) is 36.6 Å². The molecular formula is C34H42ClN3O8. The number of fused-ring (bicyclic) bond motifs is 3. The molecule has 0 unspecified atom stereocenters. The number of aliphatic carboxylic acids is 1. The van der Waals surface area contributed by atoms with Crippen molar-refractivity contribution in [2.24, 2.45) is 5.92 Å². The lowest BCUT2D eigenvalue weighted by Crippen LogP contribution is -2.56. The second kappa shape index (κ2) is 12.1. The number of benzene rings is 1. The smallest absolute Gasteiger partial charge is 0.408 e. The predicted octanol–water partition coefficient (Wildman–Crippen LogP) is 4.75. The third kappa shape index (κ3) is 6.43. The van der Waals surface area contributed by atoms with Gasteiger partial charge in [0.15, 0.2) is 0 Å². The zero-order chi connectivity index (χ0) is 32.9. The Kier molecular flexibility index (Phi) is 8.50. The minimum Gasteiger partial charge on any atom is -0.492 e. The summed E-state index contributed by atoms with van der Waals surface area (Å²) in [5.41, 5.74) is -0.331. The Morgan fingerprint density at radius 1 is 1.17 bits per heavy atom. The molecule has 1 saturated heterocycles. The normalized spacial score (nSPS) is 30.9. The van der Waals surface area contributed by atoms with Crippen LogP contribution in [-0.2, 0) is 30.3 Å². The number of rotatable bonds is 3.